The van der Waals surface area contributed by atoms with E-state index in [1.165, 1.54) is 7.11 Å². The highest BCUT2D eigenvalue weighted by Crippen LogP contribution is 2.38. The number of ether oxygens (including phenoxy) is 1. The number of amides is 1. The third kappa shape index (κ3) is 4.18. The first-order valence-electron chi connectivity index (χ1n) is 10.3. The van der Waals surface area contributed by atoms with Crippen LogP contribution in [0.4, 0.5) is 5.69 Å². The number of carbonyl (C=O) groups excluding carboxylic acids is 2. The smallest absolute Gasteiger partial charge is 0.338 e. The van der Waals surface area contributed by atoms with E-state index in [1.807, 2.05) is 55.1 Å². The third-order valence-electron chi connectivity index (χ3n) is 5.67. The zero-order valence-electron chi connectivity index (χ0n) is 17.8. The van der Waals surface area contributed by atoms with Crippen LogP contribution in [0.2, 0.25) is 0 Å². The Labute approximate surface area is 187 Å². The van der Waals surface area contributed by atoms with Gasteiger partial charge in [0.25, 0.3) is 5.91 Å². The molecule has 1 heterocycles. The lowest BCUT2D eigenvalue weighted by molar-refractivity contribution is -0.113. The molecule has 4 rings (SSSR count). The largest absolute Gasteiger partial charge is 0.465 e. The Morgan fingerprint density at radius 3 is 2.42 bits per heavy atom. The second-order valence-electron chi connectivity index (χ2n) is 7.88. The van der Waals surface area contributed by atoms with Crippen LogP contribution in [-0.4, -0.2) is 35.0 Å². The number of methoxy groups -OCH3 is 1. The topological polar surface area (TPSA) is 70.7 Å². The van der Waals surface area contributed by atoms with Gasteiger partial charge < -0.3 is 20.3 Å². The van der Waals surface area contributed by atoms with E-state index in [4.69, 9.17) is 17.0 Å². The molecule has 0 aromatic heterocycles. The molecule has 2 aliphatic rings. The average molecular weight is 436 g/mol. The van der Waals surface area contributed by atoms with Gasteiger partial charge in [0.15, 0.2) is 5.11 Å². The van der Waals surface area contributed by atoms with Crippen molar-refractivity contribution in [3.05, 3.63) is 76.5 Å². The normalized spacial score (nSPS) is 18.5. The fraction of sp³-hybridized carbons (Fsp3) is 0.292. The van der Waals surface area contributed by atoms with E-state index in [0.717, 1.165) is 24.1 Å². The zero-order chi connectivity index (χ0) is 22.1. The Balaban J connectivity index is 1.78. The van der Waals surface area contributed by atoms with Gasteiger partial charge in [-0.25, -0.2) is 4.79 Å². The summed E-state index contributed by atoms with van der Waals surface area (Å²) in [7, 11) is 1.35. The lowest BCUT2D eigenvalue weighted by atomic mass is 9.90. The van der Waals surface area contributed by atoms with Crippen molar-refractivity contribution in [2.45, 2.75) is 38.8 Å². The molecule has 2 aromatic carbocycles. The number of benzene rings is 2. The number of aryl methyl sites for hydroxylation is 1. The number of rotatable bonds is 5. The van der Waals surface area contributed by atoms with Crippen molar-refractivity contribution in [3.8, 4) is 0 Å². The van der Waals surface area contributed by atoms with Crippen molar-refractivity contribution in [2.24, 2.45) is 0 Å². The van der Waals surface area contributed by atoms with Crippen LogP contribution in [0.1, 0.15) is 47.3 Å². The monoisotopic (exact) mass is 435 g/mol. The number of hydrogen-bond acceptors (Lipinski definition) is 4. The van der Waals surface area contributed by atoms with Gasteiger partial charge in [-0.3, -0.25) is 4.79 Å². The molecule has 1 atom stereocenters. The molecule has 160 valence electrons. The molecule has 1 aliphatic carbocycles. The van der Waals surface area contributed by atoms with Crippen molar-refractivity contribution < 1.29 is 14.3 Å². The van der Waals surface area contributed by atoms with Gasteiger partial charge >= 0.3 is 5.97 Å². The first-order chi connectivity index (χ1) is 14.9. The molecule has 7 heteroatoms. The molecule has 0 saturated heterocycles. The lowest BCUT2D eigenvalue weighted by Gasteiger charge is -2.38. The molecular formula is C24H25N3O3S. The van der Waals surface area contributed by atoms with Crippen LogP contribution in [-0.2, 0) is 9.53 Å². The Morgan fingerprint density at radius 2 is 1.77 bits per heavy atom. The summed E-state index contributed by atoms with van der Waals surface area (Å²) in [6.07, 6.45) is 2.07. The first-order valence-corrected chi connectivity index (χ1v) is 10.7. The Hall–Kier alpha value is -3.19. The Kier molecular flexibility index (Phi) is 5.78. The summed E-state index contributed by atoms with van der Waals surface area (Å²) in [5.41, 5.74) is 4.22. The number of allylic oxidation sites excluding steroid dienone is 1. The Bertz CT molecular complexity index is 1070. The van der Waals surface area contributed by atoms with Gasteiger partial charge in [-0.15, -0.1) is 0 Å². The van der Waals surface area contributed by atoms with E-state index >= 15 is 0 Å². The number of esters is 1. The Morgan fingerprint density at radius 1 is 1.10 bits per heavy atom. The SMILES string of the molecule is COC(=O)c1ccccc1C1NC(=S)N(C2CC2)C(C)=C1C(=O)Nc1ccc(C)cc1. The molecular weight excluding hydrogens is 410 g/mol. The summed E-state index contributed by atoms with van der Waals surface area (Å²) in [5, 5.41) is 6.88. The number of hydrogen-bond donors (Lipinski definition) is 2. The molecule has 1 fully saturated rings. The summed E-state index contributed by atoms with van der Waals surface area (Å²) < 4.78 is 4.97. The minimum Gasteiger partial charge on any atom is -0.465 e. The second kappa shape index (κ2) is 8.51. The maximum Gasteiger partial charge on any atom is 0.338 e. The number of nitrogens with zero attached hydrogens (tertiary/aromatic N) is 1. The predicted molar refractivity (Wildman–Crippen MR) is 124 cm³/mol. The third-order valence-corrected chi connectivity index (χ3v) is 5.98. The number of thiocarbonyl (C=S) groups is 1. The summed E-state index contributed by atoms with van der Waals surface area (Å²) in [4.78, 5) is 27.9. The van der Waals surface area contributed by atoms with Crippen molar-refractivity contribution >= 4 is 34.9 Å². The van der Waals surface area contributed by atoms with Crippen LogP contribution in [0.3, 0.4) is 0 Å². The lowest BCUT2D eigenvalue weighted by Crippen LogP contribution is -2.49. The molecule has 6 nitrogen and oxygen atoms in total. The van der Waals surface area contributed by atoms with E-state index in [0.29, 0.717) is 33.5 Å². The van der Waals surface area contributed by atoms with Crippen LogP contribution in [0, 0.1) is 6.92 Å². The van der Waals surface area contributed by atoms with Crippen LogP contribution in [0.25, 0.3) is 0 Å². The van der Waals surface area contributed by atoms with Gasteiger partial charge in [0.05, 0.1) is 24.3 Å². The van der Waals surface area contributed by atoms with Crippen molar-refractivity contribution in [3.63, 3.8) is 0 Å². The van der Waals surface area contributed by atoms with Gasteiger partial charge in [0.1, 0.15) is 0 Å². The molecule has 2 N–H and O–H groups in total. The fourth-order valence-corrected chi connectivity index (χ4v) is 4.34. The molecule has 0 bridgehead atoms. The highest BCUT2D eigenvalue weighted by atomic mass is 32.1. The molecule has 1 aliphatic heterocycles. The molecule has 0 radical (unpaired) electrons. The standard InChI is InChI=1S/C24H25N3O3S/c1-14-8-10-16(11-9-14)25-22(28)20-15(2)27(17-12-13-17)24(31)26-21(20)18-6-4-5-7-19(18)23(29)30-3/h4-11,17,21H,12-13H2,1-3H3,(H,25,28)(H,26,31). The highest BCUT2D eigenvalue weighted by molar-refractivity contribution is 7.80. The number of nitrogens with one attached hydrogen (secondary N) is 2. The fourth-order valence-electron chi connectivity index (χ4n) is 3.94. The number of anilines is 1. The van der Waals surface area contributed by atoms with E-state index in [1.54, 1.807) is 12.1 Å². The molecule has 2 aromatic rings. The molecule has 1 saturated carbocycles. The highest BCUT2D eigenvalue weighted by Gasteiger charge is 2.41. The quantitative estimate of drug-likeness (QED) is 0.545. The first kappa shape index (κ1) is 21.1. The number of carbonyl (C=O) groups is 2. The maximum absolute atomic E-state index is 13.5. The van der Waals surface area contributed by atoms with E-state index < -0.39 is 12.0 Å². The van der Waals surface area contributed by atoms with Gasteiger partial charge in [-0.2, -0.15) is 0 Å². The van der Waals surface area contributed by atoms with Gasteiger partial charge in [0, 0.05) is 17.4 Å². The van der Waals surface area contributed by atoms with Crippen LogP contribution < -0.4 is 10.6 Å². The van der Waals surface area contributed by atoms with E-state index in [9.17, 15) is 9.59 Å². The maximum atomic E-state index is 13.5. The molecule has 1 unspecified atom stereocenters. The van der Waals surface area contributed by atoms with E-state index in [2.05, 4.69) is 10.6 Å². The minimum atomic E-state index is -0.566. The second-order valence-corrected chi connectivity index (χ2v) is 8.27. The van der Waals surface area contributed by atoms with Crippen molar-refractivity contribution in [2.75, 3.05) is 12.4 Å². The van der Waals surface area contributed by atoms with Crippen LogP contribution in [0.5, 0.6) is 0 Å². The van der Waals surface area contributed by atoms with Crippen LogP contribution in [0.15, 0.2) is 59.8 Å². The molecule has 1 amide bonds. The van der Waals surface area contributed by atoms with Crippen molar-refractivity contribution in [1.82, 2.24) is 10.2 Å². The van der Waals surface area contributed by atoms with Gasteiger partial charge in [-0.05, 0) is 62.7 Å². The van der Waals surface area contributed by atoms with Crippen LogP contribution >= 0.6 is 12.2 Å². The summed E-state index contributed by atoms with van der Waals surface area (Å²) in [5.74, 6) is -0.685. The van der Waals surface area contributed by atoms with Gasteiger partial charge in [-0.1, -0.05) is 35.9 Å². The van der Waals surface area contributed by atoms with E-state index in [-0.39, 0.29) is 5.91 Å². The summed E-state index contributed by atoms with van der Waals surface area (Å²) in [6.45, 7) is 3.92. The van der Waals surface area contributed by atoms with Crippen molar-refractivity contribution in [1.29, 1.82) is 0 Å². The predicted octanol–water partition coefficient (Wildman–Crippen LogP) is 4.09. The molecule has 31 heavy (non-hydrogen) atoms. The summed E-state index contributed by atoms with van der Waals surface area (Å²) >= 11 is 5.65. The molecule has 0 spiro atoms. The minimum absolute atomic E-state index is 0.230. The average Bonchev–Trinajstić information content (AvgIpc) is 3.59. The van der Waals surface area contributed by atoms with Gasteiger partial charge in [0.2, 0.25) is 0 Å². The zero-order valence-corrected chi connectivity index (χ0v) is 18.6. The summed E-state index contributed by atoms with van der Waals surface area (Å²) in [6, 6.07) is 14.5.